The summed E-state index contributed by atoms with van der Waals surface area (Å²) < 4.78 is 41.2. The molecule has 1 heterocycles. The van der Waals surface area contributed by atoms with E-state index >= 15 is 0 Å². The van der Waals surface area contributed by atoms with Gasteiger partial charge in [0.05, 0.1) is 10.1 Å². The minimum Gasteiger partial charge on any atom is -0.355 e. The second kappa shape index (κ2) is 8.99. The second-order valence-electron chi connectivity index (χ2n) is 7.64. The summed E-state index contributed by atoms with van der Waals surface area (Å²) in [6.45, 7) is 6.86. The highest BCUT2D eigenvalue weighted by Crippen LogP contribution is 2.32. The van der Waals surface area contributed by atoms with E-state index in [1.165, 1.54) is 24.3 Å². The van der Waals surface area contributed by atoms with Gasteiger partial charge in [-0.1, -0.05) is 39.0 Å². The van der Waals surface area contributed by atoms with Crippen LogP contribution in [0.15, 0.2) is 29.1 Å². The zero-order valence-corrected chi connectivity index (χ0v) is 17.9. The summed E-state index contributed by atoms with van der Waals surface area (Å²) in [7, 11) is 0. The third kappa shape index (κ3) is 5.69. The molecule has 0 aliphatic carbocycles. The number of aromatic nitrogens is 1. The smallest absolute Gasteiger partial charge is 0.355 e. The number of amides is 1. The van der Waals surface area contributed by atoms with E-state index in [1.807, 2.05) is 0 Å². The number of nitrogens with zero attached hydrogens (tertiary/aromatic N) is 1. The number of hydrogen-bond donors (Lipinski definition) is 1. The number of thiazole rings is 1. The molecule has 9 heteroatoms. The molecule has 2 aromatic rings. The number of rotatable bonds is 5. The van der Waals surface area contributed by atoms with E-state index in [2.05, 4.69) is 5.32 Å². The number of carbonyl (C=O) groups excluding carboxylic acids is 2. The van der Waals surface area contributed by atoms with Crippen molar-refractivity contribution < 1.29 is 22.8 Å². The first-order chi connectivity index (χ1) is 13.8. The van der Waals surface area contributed by atoms with E-state index in [9.17, 15) is 27.6 Å². The lowest BCUT2D eigenvalue weighted by Crippen LogP contribution is -2.38. The molecule has 0 saturated heterocycles. The first kappa shape index (κ1) is 23.6. The van der Waals surface area contributed by atoms with Crippen LogP contribution in [0.5, 0.6) is 0 Å². The van der Waals surface area contributed by atoms with Crippen LogP contribution in [0.25, 0.3) is 12.2 Å². The van der Waals surface area contributed by atoms with E-state index in [0.717, 1.165) is 28.0 Å². The zero-order chi connectivity index (χ0) is 22.7. The van der Waals surface area contributed by atoms with Gasteiger partial charge in [0.1, 0.15) is 11.2 Å². The largest absolute Gasteiger partial charge is 0.416 e. The Labute approximate surface area is 175 Å². The van der Waals surface area contributed by atoms with Crippen molar-refractivity contribution in [1.29, 1.82) is 0 Å². The number of benzene rings is 1. The average Bonchev–Trinajstić information content (AvgIpc) is 2.89. The Kier molecular flexibility index (Phi) is 7.07. The van der Waals surface area contributed by atoms with Gasteiger partial charge < -0.3 is 5.32 Å². The van der Waals surface area contributed by atoms with Crippen molar-refractivity contribution in [3.63, 3.8) is 0 Å². The van der Waals surface area contributed by atoms with Gasteiger partial charge in [0.25, 0.3) is 5.56 Å². The van der Waals surface area contributed by atoms with Crippen LogP contribution in [0.2, 0.25) is 0 Å². The Morgan fingerprint density at radius 2 is 1.80 bits per heavy atom. The molecule has 0 bridgehead atoms. The van der Waals surface area contributed by atoms with Crippen molar-refractivity contribution in [2.24, 2.45) is 5.41 Å². The molecule has 162 valence electrons. The molecule has 0 unspecified atom stereocenters. The van der Waals surface area contributed by atoms with Crippen LogP contribution in [-0.2, 0) is 22.3 Å². The zero-order valence-electron chi connectivity index (χ0n) is 17.1. The molecule has 0 radical (unpaired) electrons. The van der Waals surface area contributed by atoms with Gasteiger partial charge in [0.2, 0.25) is 5.91 Å². The van der Waals surface area contributed by atoms with Crippen LogP contribution < -0.4 is 20.1 Å². The minimum absolute atomic E-state index is 0.00366. The van der Waals surface area contributed by atoms with Gasteiger partial charge in [-0.2, -0.15) is 13.2 Å². The van der Waals surface area contributed by atoms with Gasteiger partial charge in [0, 0.05) is 18.0 Å². The fourth-order valence-corrected chi connectivity index (χ4v) is 3.57. The Balaban J connectivity index is 2.74. The summed E-state index contributed by atoms with van der Waals surface area (Å²) in [6, 6.07) is 4.91. The summed E-state index contributed by atoms with van der Waals surface area (Å²) >= 11 is 0.876. The molecule has 30 heavy (non-hydrogen) atoms. The number of nitrogens with one attached hydrogen (secondary N) is 1. The number of halogens is 3. The van der Waals surface area contributed by atoms with Crippen molar-refractivity contribution in [1.82, 2.24) is 9.88 Å². The third-order valence-electron chi connectivity index (χ3n) is 4.16. The van der Waals surface area contributed by atoms with Gasteiger partial charge in [-0.25, -0.2) is 0 Å². The number of alkyl halides is 3. The quantitative estimate of drug-likeness (QED) is 0.776. The van der Waals surface area contributed by atoms with Gasteiger partial charge in [-0.3, -0.25) is 19.0 Å². The van der Waals surface area contributed by atoms with Gasteiger partial charge in [-0.05, 0) is 24.6 Å². The number of Topliss-reactive ketones (excluding diaryl/α,β-unsaturated/α-hetero) is 1. The molecule has 2 rings (SSSR count). The topological polar surface area (TPSA) is 68.2 Å². The molecule has 0 atom stereocenters. The lowest BCUT2D eigenvalue weighted by molar-refractivity contribution is -0.137. The molecule has 1 aromatic heterocycles. The predicted molar refractivity (Wildman–Crippen MR) is 110 cm³/mol. The molecule has 5 nitrogen and oxygen atoms in total. The van der Waals surface area contributed by atoms with Crippen molar-refractivity contribution in [2.45, 2.75) is 40.4 Å². The van der Waals surface area contributed by atoms with Gasteiger partial charge in [0.15, 0.2) is 5.78 Å². The molecule has 0 fully saturated rings. The first-order valence-corrected chi connectivity index (χ1v) is 10.1. The highest BCUT2D eigenvalue weighted by Gasteiger charge is 2.32. The van der Waals surface area contributed by atoms with Crippen LogP contribution in [0.1, 0.15) is 38.8 Å². The molecule has 0 aliphatic rings. The molecule has 0 saturated carbocycles. The third-order valence-corrected chi connectivity index (χ3v) is 5.22. The van der Waals surface area contributed by atoms with E-state index in [1.54, 1.807) is 27.7 Å². The summed E-state index contributed by atoms with van der Waals surface area (Å²) in [5.74, 6) is -0.701. The van der Waals surface area contributed by atoms with Crippen LogP contribution in [0.4, 0.5) is 13.2 Å². The number of likely N-dealkylation sites (N-methyl/N-ethyl adjacent to an activating group) is 1. The fourth-order valence-electron chi connectivity index (χ4n) is 2.54. The van der Waals surface area contributed by atoms with Crippen molar-refractivity contribution in [3.05, 3.63) is 54.9 Å². The van der Waals surface area contributed by atoms with Gasteiger partial charge >= 0.3 is 6.18 Å². The maximum atomic E-state index is 13.3. The minimum atomic E-state index is -4.58. The molecule has 0 spiro atoms. The van der Waals surface area contributed by atoms with Crippen molar-refractivity contribution in [3.8, 4) is 0 Å². The highest BCUT2D eigenvalue weighted by atomic mass is 32.1. The molecule has 1 aromatic carbocycles. The summed E-state index contributed by atoms with van der Waals surface area (Å²) in [5.41, 5.74) is -2.38. The highest BCUT2D eigenvalue weighted by molar-refractivity contribution is 7.07. The number of ketones is 1. The van der Waals surface area contributed by atoms with Gasteiger partial charge in [-0.15, -0.1) is 11.3 Å². The molecule has 1 N–H and O–H groups in total. The maximum Gasteiger partial charge on any atom is 0.416 e. The van der Waals surface area contributed by atoms with Crippen molar-refractivity contribution in [2.75, 3.05) is 6.54 Å². The summed E-state index contributed by atoms with van der Waals surface area (Å²) in [5, 5.41) is 2.57. The van der Waals surface area contributed by atoms with E-state index in [-0.39, 0.29) is 27.1 Å². The van der Waals surface area contributed by atoms with Crippen LogP contribution in [0, 0.1) is 5.41 Å². The lowest BCUT2D eigenvalue weighted by atomic mass is 9.91. The average molecular weight is 440 g/mol. The Morgan fingerprint density at radius 3 is 2.37 bits per heavy atom. The standard InChI is InChI=1S/C21H23F3N2O3S/c1-5-25-17(28)12-26-18(11-16(27)20(2,3)4)30-15(19(26)29)10-13-8-6-7-9-14(13)21(22,23)24/h6-11H,5,12H2,1-4H3,(H,25,28)/b15-10-,18-11+. The van der Waals surface area contributed by atoms with Crippen molar-refractivity contribution >= 4 is 35.2 Å². The predicted octanol–water partition coefficient (Wildman–Crippen LogP) is 2.29. The lowest BCUT2D eigenvalue weighted by Gasteiger charge is -2.12. The Morgan fingerprint density at radius 1 is 1.17 bits per heavy atom. The fraction of sp³-hybridized carbons (Fsp3) is 0.381. The summed E-state index contributed by atoms with van der Waals surface area (Å²) in [4.78, 5) is 37.3. The molecule has 0 aliphatic heterocycles. The number of hydrogen-bond acceptors (Lipinski definition) is 4. The van der Waals surface area contributed by atoms with E-state index < -0.39 is 28.6 Å². The maximum absolute atomic E-state index is 13.3. The van der Waals surface area contributed by atoms with Crippen LogP contribution >= 0.6 is 11.3 Å². The summed E-state index contributed by atoms with van der Waals surface area (Å²) in [6.07, 6.45) is -2.18. The first-order valence-electron chi connectivity index (χ1n) is 9.25. The van der Waals surface area contributed by atoms with Crippen LogP contribution in [0.3, 0.4) is 0 Å². The number of carbonyl (C=O) groups is 2. The van der Waals surface area contributed by atoms with E-state index in [0.29, 0.717) is 6.54 Å². The SMILES string of the molecule is CCNC(=O)Cn1c(=O)/c(=C/c2ccccc2C(F)(F)F)s/c1=C/C(=O)C(C)(C)C. The molecular formula is C21H23F3N2O3S. The second-order valence-corrected chi connectivity index (χ2v) is 8.70. The molecule has 1 amide bonds. The Bertz CT molecular complexity index is 1120. The molecular weight excluding hydrogens is 417 g/mol. The Hall–Kier alpha value is -2.68. The normalized spacial score (nSPS) is 13.6. The monoisotopic (exact) mass is 440 g/mol. The van der Waals surface area contributed by atoms with Crippen LogP contribution in [-0.4, -0.2) is 22.8 Å². The van der Waals surface area contributed by atoms with E-state index in [4.69, 9.17) is 0 Å².